The van der Waals surface area contributed by atoms with Gasteiger partial charge >= 0.3 is 5.97 Å². The Morgan fingerprint density at radius 1 is 1.23 bits per heavy atom. The van der Waals surface area contributed by atoms with Crippen molar-refractivity contribution in [3.63, 3.8) is 0 Å². The molecule has 0 bridgehead atoms. The molecule has 0 saturated heterocycles. The molecule has 0 fully saturated rings. The van der Waals surface area contributed by atoms with Gasteiger partial charge in [-0.05, 0) is 42.6 Å². The Bertz CT molecular complexity index is 1100. The molecule has 7 nitrogen and oxygen atoms in total. The number of carbonyl (C=O) groups excluding carboxylic acids is 1. The van der Waals surface area contributed by atoms with Crippen LogP contribution in [-0.4, -0.2) is 39.1 Å². The van der Waals surface area contributed by atoms with Crippen LogP contribution in [0.15, 0.2) is 66.7 Å². The average molecular weight is 442 g/mol. The number of aromatic nitrogens is 4. The van der Waals surface area contributed by atoms with Crippen LogP contribution >= 0.6 is 23.7 Å². The third kappa shape index (κ3) is 4.34. The molecule has 0 saturated carbocycles. The lowest BCUT2D eigenvalue weighted by molar-refractivity contribution is 0.0526. The summed E-state index contributed by atoms with van der Waals surface area (Å²) in [7, 11) is 1.94. The minimum atomic E-state index is -0.328. The van der Waals surface area contributed by atoms with Crippen LogP contribution < -0.4 is 4.90 Å². The Hall–Kier alpha value is -3.23. The van der Waals surface area contributed by atoms with E-state index < -0.39 is 0 Å². The number of thiophene rings is 1. The van der Waals surface area contributed by atoms with Gasteiger partial charge in [-0.3, -0.25) is 4.57 Å². The highest BCUT2D eigenvalue weighted by atomic mass is 35.5. The molecule has 0 aliphatic carbocycles. The molecule has 4 rings (SSSR count). The zero-order valence-electron chi connectivity index (χ0n) is 16.4. The number of halogens is 1. The standard InChI is InChI=1S/C21H19N5O2S.ClH/c1-3-28-20(27)15-6-8-16(9-7-15)25(2)19-17(18-5-4-12-29-18)13-23-21(24-19)26-11-10-22-14-26;/h4-14H,3H2,1-2H3;1H. The predicted octanol–water partition coefficient (Wildman–Crippen LogP) is 4.76. The first-order valence-corrected chi connectivity index (χ1v) is 9.95. The lowest BCUT2D eigenvalue weighted by Gasteiger charge is -2.21. The van der Waals surface area contributed by atoms with Crippen LogP contribution in [0, 0.1) is 0 Å². The van der Waals surface area contributed by atoms with Crippen molar-refractivity contribution in [1.82, 2.24) is 19.5 Å². The maximum absolute atomic E-state index is 11.9. The average Bonchev–Trinajstić information content (AvgIpc) is 3.47. The second-order valence-corrected chi connectivity index (χ2v) is 7.13. The number of anilines is 2. The molecular weight excluding hydrogens is 422 g/mol. The van der Waals surface area contributed by atoms with Crippen molar-refractivity contribution in [2.45, 2.75) is 6.92 Å². The molecule has 0 radical (unpaired) electrons. The topological polar surface area (TPSA) is 73.1 Å². The number of benzene rings is 1. The van der Waals surface area contributed by atoms with Crippen LogP contribution in [0.4, 0.5) is 11.5 Å². The van der Waals surface area contributed by atoms with Gasteiger partial charge in [0.2, 0.25) is 5.95 Å². The van der Waals surface area contributed by atoms with Crippen molar-refractivity contribution in [3.8, 4) is 16.4 Å². The van der Waals surface area contributed by atoms with Crippen molar-refractivity contribution in [1.29, 1.82) is 0 Å². The minimum absolute atomic E-state index is 0. The first kappa shape index (κ1) is 21.5. The van der Waals surface area contributed by atoms with Gasteiger partial charge in [0, 0.05) is 36.2 Å². The third-order valence-electron chi connectivity index (χ3n) is 4.36. The second kappa shape index (κ2) is 9.51. The fraction of sp³-hybridized carbons (Fsp3) is 0.143. The predicted molar refractivity (Wildman–Crippen MR) is 120 cm³/mol. The van der Waals surface area contributed by atoms with E-state index in [4.69, 9.17) is 9.72 Å². The van der Waals surface area contributed by atoms with E-state index in [-0.39, 0.29) is 18.4 Å². The Kier molecular flexibility index (Phi) is 6.81. The van der Waals surface area contributed by atoms with Crippen LogP contribution in [0.25, 0.3) is 16.4 Å². The van der Waals surface area contributed by atoms with E-state index in [0.717, 1.165) is 21.9 Å². The molecule has 0 atom stereocenters. The molecule has 30 heavy (non-hydrogen) atoms. The lowest BCUT2D eigenvalue weighted by atomic mass is 10.2. The highest BCUT2D eigenvalue weighted by Crippen LogP contribution is 2.35. The Balaban J connectivity index is 0.00000256. The number of hydrogen-bond donors (Lipinski definition) is 0. The van der Waals surface area contributed by atoms with E-state index in [0.29, 0.717) is 18.1 Å². The summed E-state index contributed by atoms with van der Waals surface area (Å²) in [6.07, 6.45) is 6.98. The molecular formula is C21H20ClN5O2S. The number of ether oxygens (including phenoxy) is 1. The zero-order valence-corrected chi connectivity index (χ0v) is 18.1. The van der Waals surface area contributed by atoms with Gasteiger partial charge in [0.1, 0.15) is 12.1 Å². The summed E-state index contributed by atoms with van der Waals surface area (Å²) in [5.74, 6) is 0.966. The summed E-state index contributed by atoms with van der Waals surface area (Å²) in [4.78, 5) is 28.3. The molecule has 3 aromatic heterocycles. The van der Waals surface area contributed by atoms with E-state index in [1.807, 2.05) is 47.8 Å². The Labute approximate surface area is 184 Å². The van der Waals surface area contributed by atoms with Gasteiger partial charge in [-0.25, -0.2) is 14.8 Å². The summed E-state index contributed by atoms with van der Waals surface area (Å²) < 4.78 is 6.82. The second-order valence-electron chi connectivity index (χ2n) is 6.18. The van der Waals surface area contributed by atoms with E-state index in [1.54, 1.807) is 53.7 Å². The summed E-state index contributed by atoms with van der Waals surface area (Å²) in [5.41, 5.74) is 2.34. The summed E-state index contributed by atoms with van der Waals surface area (Å²) in [6.45, 7) is 2.14. The maximum atomic E-state index is 11.9. The van der Waals surface area contributed by atoms with Crippen LogP contribution in [0.5, 0.6) is 0 Å². The van der Waals surface area contributed by atoms with Crippen LogP contribution in [0.2, 0.25) is 0 Å². The minimum Gasteiger partial charge on any atom is -0.462 e. The van der Waals surface area contributed by atoms with Gasteiger partial charge in [-0.15, -0.1) is 23.7 Å². The van der Waals surface area contributed by atoms with Crippen LogP contribution in [-0.2, 0) is 4.74 Å². The molecule has 0 aliphatic heterocycles. The third-order valence-corrected chi connectivity index (χ3v) is 5.26. The molecule has 1 aromatic carbocycles. The quantitative estimate of drug-likeness (QED) is 0.402. The molecule has 0 amide bonds. The number of rotatable bonds is 6. The number of carbonyl (C=O) groups is 1. The maximum Gasteiger partial charge on any atom is 0.338 e. The van der Waals surface area contributed by atoms with Gasteiger partial charge in [-0.1, -0.05) is 6.07 Å². The van der Waals surface area contributed by atoms with Crippen LogP contribution in [0.1, 0.15) is 17.3 Å². The van der Waals surface area contributed by atoms with Crippen molar-refractivity contribution in [2.75, 3.05) is 18.6 Å². The van der Waals surface area contributed by atoms with E-state index in [2.05, 4.69) is 9.97 Å². The fourth-order valence-corrected chi connectivity index (χ4v) is 3.62. The molecule has 9 heteroatoms. The Morgan fingerprint density at radius 3 is 2.67 bits per heavy atom. The smallest absolute Gasteiger partial charge is 0.338 e. The zero-order chi connectivity index (χ0) is 20.2. The fourth-order valence-electron chi connectivity index (χ4n) is 2.88. The first-order valence-electron chi connectivity index (χ1n) is 9.07. The largest absolute Gasteiger partial charge is 0.462 e. The van der Waals surface area contributed by atoms with E-state index in [9.17, 15) is 4.79 Å². The SMILES string of the molecule is CCOC(=O)c1ccc(N(C)c2nc(-n3ccnc3)ncc2-c2cccs2)cc1.Cl. The van der Waals surface area contributed by atoms with Crippen LogP contribution in [0.3, 0.4) is 0 Å². The summed E-state index contributed by atoms with van der Waals surface area (Å²) in [6, 6.07) is 11.3. The van der Waals surface area contributed by atoms with Crippen molar-refractivity contribution < 1.29 is 9.53 Å². The monoisotopic (exact) mass is 441 g/mol. The number of esters is 1. The normalized spacial score (nSPS) is 10.3. The molecule has 3 heterocycles. The number of hydrogen-bond acceptors (Lipinski definition) is 7. The van der Waals surface area contributed by atoms with E-state index >= 15 is 0 Å². The lowest BCUT2D eigenvalue weighted by Crippen LogP contribution is -2.15. The highest BCUT2D eigenvalue weighted by molar-refractivity contribution is 7.13. The molecule has 4 aromatic rings. The van der Waals surface area contributed by atoms with Crippen molar-refractivity contribution in [3.05, 3.63) is 72.3 Å². The number of nitrogens with zero attached hydrogens (tertiary/aromatic N) is 5. The van der Waals surface area contributed by atoms with Gasteiger partial charge in [0.25, 0.3) is 0 Å². The Morgan fingerprint density at radius 2 is 2.03 bits per heavy atom. The molecule has 154 valence electrons. The van der Waals surface area contributed by atoms with Gasteiger partial charge in [-0.2, -0.15) is 4.98 Å². The first-order chi connectivity index (χ1) is 14.2. The van der Waals surface area contributed by atoms with Crippen molar-refractivity contribution in [2.24, 2.45) is 0 Å². The van der Waals surface area contributed by atoms with Gasteiger partial charge in [0.05, 0.1) is 17.7 Å². The molecule has 0 spiro atoms. The molecule has 0 unspecified atom stereocenters. The summed E-state index contributed by atoms with van der Waals surface area (Å²) >= 11 is 1.63. The van der Waals surface area contributed by atoms with Gasteiger partial charge in [0.15, 0.2) is 0 Å². The summed E-state index contributed by atoms with van der Waals surface area (Å²) in [5, 5.41) is 2.02. The van der Waals surface area contributed by atoms with Crippen molar-refractivity contribution >= 4 is 41.2 Å². The molecule has 0 aliphatic rings. The van der Waals surface area contributed by atoms with E-state index in [1.165, 1.54) is 0 Å². The van der Waals surface area contributed by atoms with Gasteiger partial charge < -0.3 is 9.64 Å². The molecule has 0 N–H and O–H groups in total. The highest BCUT2D eigenvalue weighted by Gasteiger charge is 2.17. The number of imidazole rings is 1.